The van der Waals surface area contributed by atoms with Gasteiger partial charge < -0.3 is 10.1 Å². The molecule has 1 aromatic rings. The van der Waals surface area contributed by atoms with Crippen molar-refractivity contribution in [3.63, 3.8) is 0 Å². The van der Waals surface area contributed by atoms with Crippen molar-refractivity contribution in [1.82, 2.24) is 5.32 Å². The molecule has 16 heavy (non-hydrogen) atoms. The predicted molar refractivity (Wildman–Crippen MR) is 61.3 cm³/mol. The van der Waals surface area contributed by atoms with Crippen LogP contribution in [0.2, 0.25) is 0 Å². The number of nitrogens with one attached hydrogen (secondary N) is 1. The molecular weight excluding hydrogens is 208 g/mol. The van der Waals surface area contributed by atoms with Crippen LogP contribution in [0.5, 0.6) is 0 Å². The molecule has 0 radical (unpaired) electrons. The molecule has 1 N–H and O–H groups in total. The van der Waals surface area contributed by atoms with Crippen molar-refractivity contribution >= 4 is 5.69 Å². The lowest BCUT2D eigenvalue weighted by Crippen LogP contribution is -2.25. The molecule has 1 atom stereocenters. The fourth-order valence-electron chi connectivity index (χ4n) is 1.24. The van der Waals surface area contributed by atoms with Gasteiger partial charge in [-0.1, -0.05) is 12.1 Å². The van der Waals surface area contributed by atoms with Crippen molar-refractivity contribution in [2.75, 3.05) is 13.7 Å². The number of benzene rings is 1. The predicted octanol–water partition coefficient (Wildman–Crippen LogP) is 1.72. The lowest BCUT2D eigenvalue weighted by molar-refractivity contribution is -0.384. The minimum atomic E-state index is -0.399. The number of nitrogens with zero attached hydrogens (tertiary/aromatic N) is 1. The van der Waals surface area contributed by atoms with Crippen LogP contribution in [0.4, 0.5) is 5.69 Å². The van der Waals surface area contributed by atoms with Crippen molar-refractivity contribution in [2.45, 2.75) is 19.6 Å². The number of methoxy groups -OCH3 is 1. The van der Waals surface area contributed by atoms with Crippen molar-refractivity contribution in [3.8, 4) is 0 Å². The molecule has 0 saturated carbocycles. The number of nitro groups is 1. The summed E-state index contributed by atoms with van der Waals surface area (Å²) in [5.41, 5.74) is 1.14. The Balaban J connectivity index is 2.40. The highest BCUT2D eigenvalue weighted by Gasteiger charge is 2.04. The van der Waals surface area contributed by atoms with Crippen LogP contribution in [0.3, 0.4) is 0 Å². The third-order valence-electron chi connectivity index (χ3n) is 2.31. The van der Waals surface area contributed by atoms with Gasteiger partial charge in [0, 0.05) is 32.3 Å². The first kappa shape index (κ1) is 12.6. The van der Waals surface area contributed by atoms with Crippen LogP contribution in [0.15, 0.2) is 24.3 Å². The Morgan fingerprint density at radius 1 is 1.44 bits per heavy atom. The van der Waals surface area contributed by atoms with Crippen LogP contribution in [0.1, 0.15) is 12.5 Å². The number of non-ortho nitro benzene ring substituents is 1. The summed E-state index contributed by atoms with van der Waals surface area (Å²) in [5, 5.41) is 13.6. The monoisotopic (exact) mass is 224 g/mol. The van der Waals surface area contributed by atoms with Gasteiger partial charge in [-0.15, -0.1) is 0 Å². The molecule has 5 heteroatoms. The van der Waals surface area contributed by atoms with E-state index in [1.54, 1.807) is 19.2 Å². The lowest BCUT2D eigenvalue weighted by atomic mass is 10.2. The minimum Gasteiger partial charge on any atom is -0.380 e. The second kappa shape index (κ2) is 6.19. The highest BCUT2D eigenvalue weighted by Crippen LogP contribution is 2.11. The van der Waals surface area contributed by atoms with E-state index in [1.807, 2.05) is 6.92 Å². The molecule has 0 aromatic heterocycles. The second-order valence-corrected chi connectivity index (χ2v) is 3.60. The average molecular weight is 224 g/mol. The Morgan fingerprint density at radius 3 is 2.56 bits per heavy atom. The molecule has 5 nitrogen and oxygen atoms in total. The van der Waals surface area contributed by atoms with Gasteiger partial charge >= 0.3 is 0 Å². The van der Waals surface area contributed by atoms with Gasteiger partial charge in [0.25, 0.3) is 5.69 Å². The average Bonchev–Trinajstić information content (AvgIpc) is 2.29. The van der Waals surface area contributed by atoms with Crippen LogP contribution in [-0.2, 0) is 11.3 Å². The number of ether oxygens (including phenoxy) is 1. The van der Waals surface area contributed by atoms with Gasteiger partial charge in [-0.05, 0) is 12.5 Å². The Hall–Kier alpha value is -1.46. The molecule has 0 fully saturated rings. The van der Waals surface area contributed by atoms with Crippen molar-refractivity contribution in [1.29, 1.82) is 0 Å². The highest BCUT2D eigenvalue weighted by atomic mass is 16.6. The van der Waals surface area contributed by atoms with Crippen LogP contribution in [-0.4, -0.2) is 24.7 Å². The highest BCUT2D eigenvalue weighted by molar-refractivity contribution is 5.32. The fourth-order valence-corrected chi connectivity index (χ4v) is 1.24. The van der Waals surface area contributed by atoms with Crippen LogP contribution in [0, 0.1) is 10.1 Å². The van der Waals surface area contributed by atoms with E-state index in [-0.39, 0.29) is 11.8 Å². The van der Waals surface area contributed by atoms with E-state index in [0.29, 0.717) is 6.54 Å². The molecule has 0 aliphatic rings. The van der Waals surface area contributed by atoms with E-state index in [0.717, 1.165) is 12.1 Å². The zero-order valence-electron chi connectivity index (χ0n) is 9.47. The summed E-state index contributed by atoms with van der Waals surface area (Å²) >= 11 is 0. The van der Waals surface area contributed by atoms with Gasteiger partial charge in [-0.3, -0.25) is 10.1 Å². The lowest BCUT2D eigenvalue weighted by Gasteiger charge is -2.10. The largest absolute Gasteiger partial charge is 0.380 e. The summed E-state index contributed by atoms with van der Waals surface area (Å²) in [6.07, 6.45) is 0.165. The number of hydrogen-bond acceptors (Lipinski definition) is 4. The normalized spacial score (nSPS) is 12.4. The molecule has 0 spiro atoms. The molecule has 0 aliphatic heterocycles. The van der Waals surface area contributed by atoms with E-state index in [1.165, 1.54) is 12.1 Å². The third kappa shape index (κ3) is 3.96. The quantitative estimate of drug-likeness (QED) is 0.590. The van der Waals surface area contributed by atoms with E-state index in [9.17, 15) is 10.1 Å². The molecule has 1 unspecified atom stereocenters. The molecular formula is C11H16N2O3. The van der Waals surface area contributed by atoms with Gasteiger partial charge in [0.05, 0.1) is 11.0 Å². The topological polar surface area (TPSA) is 64.4 Å². The molecule has 88 valence electrons. The third-order valence-corrected chi connectivity index (χ3v) is 2.31. The smallest absolute Gasteiger partial charge is 0.269 e. The Bertz CT molecular complexity index is 338. The van der Waals surface area contributed by atoms with Crippen molar-refractivity contribution in [2.24, 2.45) is 0 Å². The van der Waals surface area contributed by atoms with E-state index in [2.05, 4.69) is 5.32 Å². The summed E-state index contributed by atoms with van der Waals surface area (Å²) in [7, 11) is 1.66. The summed E-state index contributed by atoms with van der Waals surface area (Å²) in [5.74, 6) is 0. The van der Waals surface area contributed by atoms with Crippen LogP contribution >= 0.6 is 0 Å². The second-order valence-electron chi connectivity index (χ2n) is 3.60. The molecule has 1 rings (SSSR count). The molecule has 0 aliphatic carbocycles. The van der Waals surface area contributed by atoms with Gasteiger partial charge in [0.2, 0.25) is 0 Å². The molecule has 0 heterocycles. The number of rotatable bonds is 6. The zero-order chi connectivity index (χ0) is 12.0. The maximum absolute atomic E-state index is 10.4. The summed E-state index contributed by atoms with van der Waals surface area (Å²) < 4.78 is 5.09. The van der Waals surface area contributed by atoms with Gasteiger partial charge in [-0.25, -0.2) is 0 Å². The zero-order valence-corrected chi connectivity index (χ0v) is 9.47. The summed E-state index contributed by atoms with van der Waals surface area (Å²) in [6.45, 7) is 3.42. The van der Waals surface area contributed by atoms with Crippen molar-refractivity contribution in [3.05, 3.63) is 39.9 Å². The Morgan fingerprint density at radius 2 is 2.06 bits per heavy atom. The maximum atomic E-state index is 10.4. The molecule has 0 amide bonds. The standard InChI is InChI=1S/C11H16N2O3/c1-9(16-2)7-12-8-10-3-5-11(6-4-10)13(14)15/h3-6,9,12H,7-8H2,1-2H3. The van der Waals surface area contributed by atoms with E-state index >= 15 is 0 Å². The first-order chi connectivity index (χ1) is 7.63. The van der Waals surface area contributed by atoms with Crippen LogP contribution < -0.4 is 5.32 Å². The minimum absolute atomic E-state index is 0.119. The Kier molecular flexibility index (Phi) is 4.88. The first-order valence-electron chi connectivity index (χ1n) is 5.10. The molecule has 1 aromatic carbocycles. The first-order valence-corrected chi connectivity index (χ1v) is 5.10. The van der Waals surface area contributed by atoms with E-state index in [4.69, 9.17) is 4.74 Å². The summed E-state index contributed by atoms with van der Waals surface area (Å²) in [4.78, 5) is 10.0. The fraction of sp³-hybridized carbons (Fsp3) is 0.455. The Labute approximate surface area is 94.6 Å². The SMILES string of the molecule is COC(C)CNCc1ccc([N+](=O)[O-])cc1. The number of nitro benzene ring substituents is 1. The van der Waals surface area contributed by atoms with E-state index < -0.39 is 4.92 Å². The molecule has 0 saturated heterocycles. The van der Waals surface area contributed by atoms with Gasteiger partial charge in [-0.2, -0.15) is 0 Å². The molecule has 0 bridgehead atoms. The maximum Gasteiger partial charge on any atom is 0.269 e. The van der Waals surface area contributed by atoms with Crippen molar-refractivity contribution < 1.29 is 9.66 Å². The number of hydrogen-bond donors (Lipinski definition) is 1. The van der Waals surface area contributed by atoms with Gasteiger partial charge in [0.1, 0.15) is 0 Å². The van der Waals surface area contributed by atoms with Crippen LogP contribution in [0.25, 0.3) is 0 Å². The van der Waals surface area contributed by atoms with Gasteiger partial charge in [0.15, 0.2) is 0 Å². The summed E-state index contributed by atoms with van der Waals surface area (Å²) in [6, 6.07) is 6.53.